The highest BCUT2D eigenvalue weighted by atomic mass is 32.1. The zero-order chi connectivity index (χ0) is 25.9. The molecule has 8 aromatic rings. The van der Waals surface area contributed by atoms with Crippen LogP contribution in [0.4, 0.5) is 11.5 Å². The van der Waals surface area contributed by atoms with Crippen LogP contribution < -0.4 is 5.32 Å². The number of hydrogen-bond acceptors (Lipinski definition) is 3. The fourth-order valence-corrected chi connectivity index (χ4v) is 8.37. The molecule has 4 heteroatoms. The van der Waals surface area contributed by atoms with Crippen molar-refractivity contribution in [2.45, 2.75) is 18.9 Å². The Morgan fingerprint density at radius 2 is 1.62 bits per heavy atom. The Kier molecular flexibility index (Phi) is 3.97. The smallest absolute Gasteiger partial charge is 0.138 e. The first-order valence-corrected chi connectivity index (χ1v) is 14.8. The van der Waals surface area contributed by atoms with E-state index in [9.17, 15) is 0 Å². The lowest BCUT2D eigenvalue weighted by Gasteiger charge is -2.26. The minimum absolute atomic E-state index is 0.164. The Morgan fingerprint density at radius 3 is 2.60 bits per heavy atom. The molecule has 40 heavy (non-hydrogen) atoms. The van der Waals surface area contributed by atoms with Gasteiger partial charge in [-0.2, -0.15) is 0 Å². The number of thiophene rings is 1. The van der Waals surface area contributed by atoms with Crippen molar-refractivity contribution in [3.05, 3.63) is 103 Å². The molecule has 0 radical (unpaired) electrons. The minimum Gasteiger partial charge on any atom is -0.358 e. The average Bonchev–Trinajstić information content (AvgIpc) is 3.65. The first kappa shape index (κ1) is 21.2. The average molecular weight is 530 g/mol. The number of benzene rings is 5. The fraction of sp³-hybridized carbons (Fsp3) is 0.0833. The summed E-state index contributed by atoms with van der Waals surface area (Å²) in [4.78, 5) is 5.35. The van der Waals surface area contributed by atoms with E-state index in [0.29, 0.717) is 0 Å². The van der Waals surface area contributed by atoms with E-state index in [1.807, 2.05) is 11.3 Å². The molecule has 1 aliphatic heterocycles. The van der Waals surface area contributed by atoms with Crippen LogP contribution in [0.15, 0.2) is 108 Å². The summed E-state index contributed by atoms with van der Waals surface area (Å²) in [6.45, 7) is 0. The van der Waals surface area contributed by atoms with Gasteiger partial charge >= 0.3 is 0 Å². The van der Waals surface area contributed by atoms with Gasteiger partial charge in [-0.25, -0.2) is 0 Å². The molecule has 1 atom stereocenters. The molecule has 0 fully saturated rings. The second-order valence-corrected chi connectivity index (χ2v) is 12.2. The van der Waals surface area contributed by atoms with Gasteiger partial charge < -0.3 is 5.32 Å². The van der Waals surface area contributed by atoms with Crippen LogP contribution in [0.3, 0.4) is 0 Å². The van der Waals surface area contributed by atoms with Crippen molar-refractivity contribution in [2.24, 2.45) is 4.99 Å². The minimum atomic E-state index is 0.164. The largest absolute Gasteiger partial charge is 0.358 e. The molecule has 188 valence electrons. The summed E-state index contributed by atoms with van der Waals surface area (Å²) >= 11 is 1.89. The highest BCUT2D eigenvalue weighted by molar-refractivity contribution is 7.26. The molecule has 3 nitrogen and oxygen atoms in total. The lowest BCUT2D eigenvalue weighted by atomic mass is 9.94. The molecular weight excluding hydrogens is 506 g/mol. The lowest BCUT2D eigenvalue weighted by Crippen LogP contribution is -2.32. The summed E-state index contributed by atoms with van der Waals surface area (Å²) < 4.78 is 5.13. The van der Waals surface area contributed by atoms with Crippen LogP contribution in [0.2, 0.25) is 0 Å². The summed E-state index contributed by atoms with van der Waals surface area (Å²) in [6.07, 6.45) is 6.63. The van der Waals surface area contributed by atoms with Gasteiger partial charge in [0.25, 0.3) is 0 Å². The summed E-state index contributed by atoms with van der Waals surface area (Å²) in [7, 11) is 0. The predicted octanol–water partition coefficient (Wildman–Crippen LogP) is 10.1. The fourth-order valence-electron chi connectivity index (χ4n) is 7.25. The van der Waals surface area contributed by atoms with Gasteiger partial charge in [-0.3, -0.25) is 9.39 Å². The van der Waals surface area contributed by atoms with Crippen molar-refractivity contribution < 1.29 is 0 Å². The van der Waals surface area contributed by atoms with Gasteiger partial charge in [-0.1, -0.05) is 72.8 Å². The first-order valence-electron chi connectivity index (χ1n) is 14.0. The van der Waals surface area contributed by atoms with Crippen LogP contribution in [0.5, 0.6) is 0 Å². The Morgan fingerprint density at radius 1 is 0.775 bits per heavy atom. The second kappa shape index (κ2) is 7.50. The monoisotopic (exact) mass is 529 g/mol. The van der Waals surface area contributed by atoms with Crippen LogP contribution in [0, 0.1) is 0 Å². The number of fused-ring (bicyclic) bond motifs is 12. The molecule has 4 heterocycles. The maximum Gasteiger partial charge on any atom is 0.138 e. The predicted molar refractivity (Wildman–Crippen MR) is 172 cm³/mol. The van der Waals surface area contributed by atoms with E-state index in [1.165, 1.54) is 75.0 Å². The lowest BCUT2D eigenvalue weighted by molar-refractivity contribution is 0.950. The number of anilines is 1. The van der Waals surface area contributed by atoms with Gasteiger partial charge in [0, 0.05) is 42.0 Å². The van der Waals surface area contributed by atoms with E-state index in [4.69, 9.17) is 4.99 Å². The van der Waals surface area contributed by atoms with Crippen LogP contribution in [0.1, 0.15) is 12.8 Å². The van der Waals surface area contributed by atoms with Gasteiger partial charge in [-0.05, 0) is 65.1 Å². The Hall–Kier alpha value is -4.67. The molecule has 10 rings (SSSR count). The number of nitrogens with one attached hydrogen (secondary N) is 1. The summed E-state index contributed by atoms with van der Waals surface area (Å²) in [5, 5.41) is 13.0. The van der Waals surface area contributed by atoms with Crippen molar-refractivity contribution in [3.63, 3.8) is 0 Å². The zero-order valence-corrected chi connectivity index (χ0v) is 22.4. The SMILES string of the molecule is C1=CC2Nc3c(c4cc(-c5cccc6ccccc56)cc5c6c7c(ccc6n3c45)sc3ccccc37)N=C2CC1. The number of aromatic nitrogens is 1. The number of rotatable bonds is 1. The number of allylic oxidation sites excluding steroid dienone is 1. The highest BCUT2D eigenvalue weighted by Crippen LogP contribution is 2.51. The van der Waals surface area contributed by atoms with Gasteiger partial charge in [-0.15, -0.1) is 11.3 Å². The first-order chi connectivity index (χ1) is 19.8. The Labute approximate surface area is 234 Å². The van der Waals surface area contributed by atoms with E-state index in [0.717, 1.165) is 24.3 Å². The van der Waals surface area contributed by atoms with E-state index in [2.05, 4.69) is 113 Å². The standard InChI is InChI=1S/C36H23N3S/c1-2-10-22-20(8-1)9-7-12-23(22)21-18-25-32-29(16-17-31-33(32)24-11-3-6-15-30(24)40-31)39-35(25)26(19-21)34-36(39)38-28-14-5-4-13-27(28)37-34/h1-3,5-12,14-19,28,38H,4,13H2. The van der Waals surface area contributed by atoms with E-state index < -0.39 is 0 Å². The molecule has 1 unspecified atom stereocenters. The molecule has 2 aliphatic rings. The molecule has 0 saturated carbocycles. The van der Waals surface area contributed by atoms with Gasteiger partial charge in [0.15, 0.2) is 0 Å². The normalized spacial score (nSPS) is 16.8. The van der Waals surface area contributed by atoms with E-state index in [-0.39, 0.29) is 6.04 Å². The number of hydrogen-bond donors (Lipinski definition) is 1. The van der Waals surface area contributed by atoms with Crippen LogP contribution in [-0.4, -0.2) is 16.2 Å². The number of nitrogens with zero attached hydrogens (tertiary/aromatic N) is 2. The van der Waals surface area contributed by atoms with E-state index in [1.54, 1.807) is 0 Å². The van der Waals surface area contributed by atoms with Crippen molar-refractivity contribution in [2.75, 3.05) is 5.32 Å². The molecule has 0 amide bonds. The molecular formula is C36H23N3S. The highest BCUT2D eigenvalue weighted by Gasteiger charge is 2.30. The topological polar surface area (TPSA) is 28.8 Å². The van der Waals surface area contributed by atoms with Crippen molar-refractivity contribution in [3.8, 4) is 11.1 Å². The molecule has 3 aromatic heterocycles. The molecule has 1 N–H and O–H groups in total. The van der Waals surface area contributed by atoms with Crippen molar-refractivity contribution >= 4 is 86.7 Å². The quantitative estimate of drug-likeness (QED) is 0.211. The van der Waals surface area contributed by atoms with E-state index >= 15 is 0 Å². The third-order valence-electron chi connectivity index (χ3n) is 8.97. The zero-order valence-electron chi connectivity index (χ0n) is 21.6. The van der Waals surface area contributed by atoms with Crippen LogP contribution >= 0.6 is 11.3 Å². The maximum absolute atomic E-state index is 5.35. The second-order valence-electron chi connectivity index (χ2n) is 11.1. The Bertz CT molecular complexity index is 2410. The molecule has 5 aromatic carbocycles. The number of aliphatic imine (C=N–C) groups is 1. The van der Waals surface area contributed by atoms with Gasteiger partial charge in [0.1, 0.15) is 11.5 Å². The Balaban J connectivity index is 1.42. The molecule has 0 bridgehead atoms. The third-order valence-corrected chi connectivity index (χ3v) is 10.1. The summed E-state index contributed by atoms with van der Waals surface area (Å²) in [5.41, 5.74) is 7.36. The summed E-state index contributed by atoms with van der Waals surface area (Å²) in [5.74, 6) is 1.12. The summed E-state index contributed by atoms with van der Waals surface area (Å²) in [6, 6.07) is 33.8. The van der Waals surface area contributed by atoms with Crippen LogP contribution in [0.25, 0.3) is 69.3 Å². The van der Waals surface area contributed by atoms with Gasteiger partial charge in [0.2, 0.25) is 0 Å². The van der Waals surface area contributed by atoms with Crippen molar-refractivity contribution in [1.82, 2.24) is 4.40 Å². The molecule has 1 aliphatic carbocycles. The van der Waals surface area contributed by atoms with Crippen LogP contribution in [-0.2, 0) is 0 Å². The van der Waals surface area contributed by atoms with Gasteiger partial charge in [0.05, 0.1) is 17.1 Å². The maximum atomic E-state index is 5.35. The van der Waals surface area contributed by atoms with Crippen molar-refractivity contribution in [1.29, 1.82) is 0 Å². The third kappa shape index (κ3) is 2.62. The molecule has 0 saturated heterocycles. The molecule has 0 spiro atoms.